The van der Waals surface area contributed by atoms with Gasteiger partial charge in [0.15, 0.2) is 5.65 Å². The molecule has 2 aromatic rings. The Hall–Kier alpha value is -2.02. The molecule has 0 amide bonds. The normalized spacial score (nSPS) is 11.1. The molecule has 0 saturated heterocycles. The number of imidazole rings is 1. The fourth-order valence-electron chi connectivity index (χ4n) is 2.39. The number of aryl methyl sites for hydroxylation is 1. The minimum absolute atomic E-state index is 0.108. The molecule has 0 aliphatic rings. The van der Waals surface area contributed by atoms with Crippen molar-refractivity contribution < 1.29 is 0 Å². The van der Waals surface area contributed by atoms with Crippen LogP contribution in [0.25, 0.3) is 11.2 Å². The molecule has 94 valence electrons. The summed E-state index contributed by atoms with van der Waals surface area (Å²) < 4.78 is 1.79. The number of nitrogens with zero attached hydrogens (tertiary/aromatic N) is 2. The summed E-state index contributed by atoms with van der Waals surface area (Å²) in [6.45, 7) is 6.09. The van der Waals surface area contributed by atoms with Gasteiger partial charge in [0.05, 0.1) is 5.52 Å². The fourth-order valence-corrected chi connectivity index (χ4v) is 2.39. The minimum Gasteiger partial charge on any atom is -0.290 e. The van der Waals surface area contributed by atoms with E-state index in [0.717, 1.165) is 29.5 Å². The number of hydrogen-bond donors (Lipinski definition) is 1. The molecular weight excluding hydrogens is 226 g/mol. The molecule has 0 aromatic carbocycles. The van der Waals surface area contributed by atoms with Crippen LogP contribution in [-0.2, 0) is 0 Å². The molecule has 0 fully saturated rings. The summed E-state index contributed by atoms with van der Waals surface area (Å²) in [4.78, 5) is 19.1. The van der Waals surface area contributed by atoms with Gasteiger partial charge >= 0.3 is 5.69 Å². The van der Waals surface area contributed by atoms with E-state index in [1.807, 2.05) is 6.92 Å². The lowest BCUT2D eigenvalue weighted by molar-refractivity contribution is 0.471. The number of terminal acetylenes is 1. The van der Waals surface area contributed by atoms with E-state index in [1.165, 1.54) is 0 Å². The Bertz CT molecular complexity index is 669. The van der Waals surface area contributed by atoms with Crippen LogP contribution < -0.4 is 5.69 Å². The number of hydrogen-bond acceptors (Lipinski definition) is 2. The van der Waals surface area contributed by atoms with Crippen molar-refractivity contribution in [2.24, 2.45) is 0 Å². The third-order valence-electron chi connectivity index (χ3n) is 3.45. The summed E-state index contributed by atoms with van der Waals surface area (Å²) in [7, 11) is 0. The van der Waals surface area contributed by atoms with Crippen LogP contribution in [0.2, 0.25) is 0 Å². The second-order valence-corrected chi connectivity index (χ2v) is 4.41. The van der Waals surface area contributed by atoms with E-state index in [9.17, 15) is 4.79 Å². The molecule has 0 atom stereocenters. The SMILES string of the molecule is C#Cc1cnc2[nH]c(=O)n(C(CC)CC)c2c1C. The molecular formula is C14H17N3O. The van der Waals surface area contributed by atoms with E-state index >= 15 is 0 Å². The molecule has 2 aromatic heterocycles. The number of H-pyrrole nitrogens is 1. The van der Waals surface area contributed by atoms with Crippen molar-refractivity contribution in [2.75, 3.05) is 0 Å². The van der Waals surface area contributed by atoms with Crippen LogP contribution in [0.3, 0.4) is 0 Å². The Labute approximate surface area is 106 Å². The van der Waals surface area contributed by atoms with Crippen LogP contribution in [-0.4, -0.2) is 14.5 Å². The molecule has 0 unspecified atom stereocenters. The Morgan fingerprint density at radius 2 is 2.17 bits per heavy atom. The molecule has 0 bridgehead atoms. The summed E-state index contributed by atoms with van der Waals surface area (Å²) in [6, 6.07) is 0.180. The van der Waals surface area contributed by atoms with Crippen LogP contribution in [0.15, 0.2) is 11.0 Å². The zero-order chi connectivity index (χ0) is 13.3. The van der Waals surface area contributed by atoms with Gasteiger partial charge in [-0.25, -0.2) is 9.78 Å². The van der Waals surface area contributed by atoms with Gasteiger partial charge < -0.3 is 0 Å². The summed E-state index contributed by atoms with van der Waals surface area (Å²) >= 11 is 0. The first-order valence-corrected chi connectivity index (χ1v) is 6.20. The van der Waals surface area contributed by atoms with Gasteiger partial charge in [0, 0.05) is 17.8 Å². The third kappa shape index (κ3) is 1.72. The van der Waals surface area contributed by atoms with Crippen LogP contribution in [0.5, 0.6) is 0 Å². The number of fused-ring (bicyclic) bond motifs is 1. The van der Waals surface area contributed by atoms with Crippen molar-refractivity contribution in [3.05, 3.63) is 27.8 Å². The largest absolute Gasteiger partial charge is 0.327 e. The highest BCUT2D eigenvalue weighted by atomic mass is 16.1. The molecule has 0 radical (unpaired) electrons. The molecule has 2 rings (SSSR count). The average Bonchev–Trinajstić information content (AvgIpc) is 2.70. The van der Waals surface area contributed by atoms with Crippen LogP contribution in [0.4, 0.5) is 0 Å². The number of aromatic amines is 1. The molecule has 4 nitrogen and oxygen atoms in total. The molecule has 1 N–H and O–H groups in total. The third-order valence-corrected chi connectivity index (χ3v) is 3.45. The molecule has 0 aliphatic heterocycles. The van der Waals surface area contributed by atoms with E-state index in [-0.39, 0.29) is 11.7 Å². The minimum atomic E-state index is -0.108. The Balaban J connectivity index is 2.84. The average molecular weight is 243 g/mol. The predicted octanol–water partition coefficient (Wildman–Crippen LogP) is 2.38. The number of pyridine rings is 1. The predicted molar refractivity (Wildman–Crippen MR) is 72.6 cm³/mol. The first-order chi connectivity index (χ1) is 8.63. The van der Waals surface area contributed by atoms with Gasteiger partial charge in [-0.2, -0.15) is 0 Å². The van der Waals surface area contributed by atoms with Crippen LogP contribution in [0.1, 0.15) is 43.9 Å². The second-order valence-electron chi connectivity index (χ2n) is 4.41. The smallest absolute Gasteiger partial charge is 0.290 e. The number of nitrogens with one attached hydrogen (secondary N) is 1. The molecule has 2 heterocycles. The van der Waals surface area contributed by atoms with Gasteiger partial charge in [-0.3, -0.25) is 9.55 Å². The van der Waals surface area contributed by atoms with Crippen molar-refractivity contribution in [3.8, 4) is 12.3 Å². The topological polar surface area (TPSA) is 50.7 Å². The molecule has 0 aliphatic carbocycles. The Morgan fingerprint density at radius 3 is 2.72 bits per heavy atom. The van der Waals surface area contributed by atoms with E-state index < -0.39 is 0 Å². The van der Waals surface area contributed by atoms with Gasteiger partial charge in [-0.1, -0.05) is 19.8 Å². The van der Waals surface area contributed by atoms with Crippen LogP contribution >= 0.6 is 0 Å². The lowest BCUT2D eigenvalue weighted by Gasteiger charge is -2.15. The van der Waals surface area contributed by atoms with E-state index in [2.05, 4.69) is 29.7 Å². The quantitative estimate of drug-likeness (QED) is 0.841. The first kappa shape index (κ1) is 12.4. The van der Waals surface area contributed by atoms with Gasteiger partial charge in [-0.15, -0.1) is 6.42 Å². The second kappa shape index (κ2) is 4.69. The Morgan fingerprint density at radius 1 is 1.50 bits per heavy atom. The van der Waals surface area contributed by atoms with Crippen molar-refractivity contribution in [2.45, 2.75) is 39.7 Å². The fraction of sp³-hybridized carbons (Fsp3) is 0.429. The molecule has 18 heavy (non-hydrogen) atoms. The maximum Gasteiger partial charge on any atom is 0.327 e. The van der Waals surface area contributed by atoms with Crippen molar-refractivity contribution >= 4 is 11.2 Å². The standard InChI is InChI=1S/C14H17N3O/c1-5-10-8-15-13-12(9(10)4)17(14(18)16-13)11(6-2)7-3/h1,8,11H,6-7H2,2-4H3,(H,15,16,18). The monoisotopic (exact) mass is 243 g/mol. The van der Waals surface area contributed by atoms with Gasteiger partial charge in [0.1, 0.15) is 0 Å². The Kier molecular flexibility index (Phi) is 3.24. The van der Waals surface area contributed by atoms with Gasteiger partial charge in [0.2, 0.25) is 0 Å². The number of rotatable bonds is 3. The van der Waals surface area contributed by atoms with E-state index in [4.69, 9.17) is 6.42 Å². The van der Waals surface area contributed by atoms with E-state index in [1.54, 1.807) is 10.8 Å². The summed E-state index contributed by atoms with van der Waals surface area (Å²) in [6.07, 6.45) is 8.89. The van der Waals surface area contributed by atoms with Gasteiger partial charge in [0.25, 0.3) is 0 Å². The lowest BCUT2D eigenvalue weighted by atomic mass is 10.1. The highest BCUT2D eigenvalue weighted by Gasteiger charge is 2.17. The summed E-state index contributed by atoms with van der Waals surface area (Å²) in [5, 5.41) is 0. The molecule has 4 heteroatoms. The van der Waals surface area contributed by atoms with Crippen LogP contribution in [0, 0.1) is 19.3 Å². The van der Waals surface area contributed by atoms with E-state index in [0.29, 0.717) is 5.65 Å². The zero-order valence-corrected chi connectivity index (χ0v) is 10.9. The lowest BCUT2D eigenvalue weighted by Crippen LogP contribution is -2.21. The molecule has 0 saturated carbocycles. The maximum atomic E-state index is 12.1. The van der Waals surface area contributed by atoms with Crippen molar-refractivity contribution in [1.82, 2.24) is 14.5 Å². The zero-order valence-electron chi connectivity index (χ0n) is 10.9. The maximum absolute atomic E-state index is 12.1. The first-order valence-electron chi connectivity index (χ1n) is 6.20. The number of aromatic nitrogens is 3. The highest BCUT2D eigenvalue weighted by Crippen LogP contribution is 2.23. The van der Waals surface area contributed by atoms with Crippen molar-refractivity contribution in [1.29, 1.82) is 0 Å². The summed E-state index contributed by atoms with van der Waals surface area (Å²) in [5.74, 6) is 2.61. The highest BCUT2D eigenvalue weighted by molar-refractivity contribution is 5.77. The molecule has 0 spiro atoms. The van der Waals surface area contributed by atoms with Crippen molar-refractivity contribution in [3.63, 3.8) is 0 Å². The summed E-state index contributed by atoms with van der Waals surface area (Å²) in [5.41, 5.74) is 3.02. The van der Waals surface area contributed by atoms with Gasteiger partial charge in [-0.05, 0) is 25.3 Å².